The first kappa shape index (κ1) is 36.3. The highest BCUT2D eigenvalue weighted by Gasteiger charge is 2.18. The summed E-state index contributed by atoms with van der Waals surface area (Å²) in [6.07, 6.45) is 10.8. The summed E-state index contributed by atoms with van der Waals surface area (Å²) < 4.78 is 5.63. The van der Waals surface area contributed by atoms with E-state index in [1.165, 1.54) is 11.1 Å². The number of benzene rings is 1. The maximum absolute atomic E-state index is 12.8. The van der Waals surface area contributed by atoms with Gasteiger partial charge in [0, 0.05) is 42.8 Å². The number of ether oxygens (including phenoxy) is 1. The third kappa shape index (κ3) is 12.4. The molecular weight excluding hydrogens is 556 g/mol. The number of nitrogens with zero attached hydrogens (tertiary/aromatic N) is 2. The van der Waals surface area contributed by atoms with Gasteiger partial charge in [-0.15, -0.1) is 0 Å². The molecule has 242 valence electrons. The van der Waals surface area contributed by atoms with E-state index in [1.54, 1.807) is 19.2 Å². The fourth-order valence-corrected chi connectivity index (χ4v) is 4.90. The van der Waals surface area contributed by atoms with Crippen LogP contribution in [-0.4, -0.2) is 59.7 Å². The number of aromatic nitrogens is 2. The standard InChI is InChI=1S/C34H52N6O4/c1-7-10-23(3)12-9-13-24(4)14-17-31(42)36-18-19-37-33(43)27-16-15-26(30(21-27)44-6)20-29-25(5)38-34(35)40-32(29)39-28(22-41)11-8-2/h10,13,15-16,21,28,41H,7-9,11-12,14,17-20,22H2,1-6H3,(H,36,42)(H,37,43)(H3,35,38,39,40)/b23-10+,24-13+/t28-/m0/s1. The predicted octanol–water partition coefficient (Wildman–Crippen LogP) is 5.25. The molecule has 2 amide bonds. The normalized spacial score (nSPS) is 12.5. The fourth-order valence-electron chi connectivity index (χ4n) is 4.90. The zero-order valence-corrected chi connectivity index (χ0v) is 27.4. The van der Waals surface area contributed by atoms with E-state index in [4.69, 9.17) is 10.5 Å². The molecule has 1 aromatic carbocycles. The van der Waals surface area contributed by atoms with Crippen LogP contribution in [0.15, 0.2) is 41.5 Å². The molecule has 0 saturated carbocycles. The fraction of sp³-hybridized carbons (Fsp3) is 0.529. The number of nitrogens with one attached hydrogen (secondary N) is 3. The van der Waals surface area contributed by atoms with E-state index >= 15 is 0 Å². The number of rotatable bonds is 19. The van der Waals surface area contributed by atoms with E-state index in [9.17, 15) is 14.7 Å². The number of anilines is 2. The number of methoxy groups -OCH3 is 1. The Kier molecular flexibility index (Phi) is 16.0. The van der Waals surface area contributed by atoms with Gasteiger partial charge in [-0.3, -0.25) is 9.59 Å². The minimum atomic E-state index is -0.255. The van der Waals surface area contributed by atoms with Gasteiger partial charge in [0.2, 0.25) is 11.9 Å². The monoisotopic (exact) mass is 608 g/mol. The second kappa shape index (κ2) is 19.4. The van der Waals surface area contributed by atoms with Gasteiger partial charge >= 0.3 is 0 Å². The smallest absolute Gasteiger partial charge is 0.251 e. The second-order valence-corrected chi connectivity index (χ2v) is 11.2. The largest absolute Gasteiger partial charge is 0.496 e. The van der Waals surface area contributed by atoms with Crippen molar-refractivity contribution in [1.29, 1.82) is 0 Å². The first-order chi connectivity index (χ1) is 21.1. The van der Waals surface area contributed by atoms with Gasteiger partial charge in [0.05, 0.1) is 19.8 Å². The summed E-state index contributed by atoms with van der Waals surface area (Å²) >= 11 is 0. The number of carbonyl (C=O) groups is 2. The van der Waals surface area contributed by atoms with Crippen LogP contribution in [0.5, 0.6) is 5.75 Å². The molecule has 0 radical (unpaired) electrons. The molecule has 2 aromatic rings. The summed E-state index contributed by atoms with van der Waals surface area (Å²) in [4.78, 5) is 33.8. The molecular formula is C34H52N6O4. The number of aryl methyl sites for hydroxylation is 1. The highest BCUT2D eigenvalue weighted by Crippen LogP contribution is 2.28. The number of hydrogen-bond acceptors (Lipinski definition) is 8. The Hall–Kier alpha value is -3.92. The quantitative estimate of drug-likeness (QED) is 0.107. The third-order valence-electron chi connectivity index (χ3n) is 7.41. The van der Waals surface area contributed by atoms with Gasteiger partial charge in [-0.1, -0.05) is 49.6 Å². The van der Waals surface area contributed by atoms with Crippen LogP contribution in [0.1, 0.15) is 99.8 Å². The predicted molar refractivity (Wildman–Crippen MR) is 178 cm³/mol. The summed E-state index contributed by atoms with van der Waals surface area (Å²) in [6.45, 7) is 10.9. The van der Waals surface area contributed by atoms with Crippen molar-refractivity contribution < 1.29 is 19.4 Å². The van der Waals surface area contributed by atoms with E-state index in [2.05, 4.69) is 65.8 Å². The molecule has 1 aromatic heterocycles. The van der Waals surface area contributed by atoms with E-state index < -0.39 is 0 Å². The topological polar surface area (TPSA) is 151 Å². The van der Waals surface area contributed by atoms with E-state index in [0.717, 1.165) is 55.3 Å². The van der Waals surface area contributed by atoms with Crippen molar-refractivity contribution in [3.63, 3.8) is 0 Å². The van der Waals surface area contributed by atoms with Crippen molar-refractivity contribution in [2.24, 2.45) is 0 Å². The van der Waals surface area contributed by atoms with Gasteiger partial charge < -0.3 is 31.5 Å². The maximum Gasteiger partial charge on any atom is 0.251 e. The van der Waals surface area contributed by atoms with E-state index in [-0.39, 0.29) is 30.4 Å². The number of amides is 2. The van der Waals surface area contributed by atoms with Gasteiger partial charge in [0.1, 0.15) is 11.6 Å². The lowest BCUT2D eigenvalue weighted by Gasteiger charge is -2.20. The molecule has 1 heterocycles. The minimum absolute atomic E-state index is 0.0265. The summed E-state index contributed by atoms with van der Waals surface area (Å²) in [5, 5.41) is 18.8. The number of carbonyl (C=O) groups excluding carboxylic acids is 2. The first-order valence-electron chi connectivity index (χ1n) is 15.6. The molecule has 0 spiro atoms. The Bertz CT molecular complexity index is 1290. The average Bonchev–Trinajstić information content (AvgIpc) is 2.99. The van der Waals surface area contributed by atoms with Gasteiger partial charge in [-0.05, 0) is 70.6 Å². The lowest BCUT2D eigenvalue weighted by Crippen LogP contribution is -2.34. The molecule has 44 heavy (non-hydrogen) atoms. The molecule has 10 nitrogen and oxygen atoms in total. The molecule has 0 bridgehead atoms. The molecule has 2 rings (SSSR count). The highest BCUT2D eigenvalue weighted by atomic mass is 16.5. The minimum Gasteiger partial charge on any atom is -0.496 e. The summed E-state index contributed by atoms with van der Waals surface area (Å²) in [6, 6.07) is 5.14. The summed E-state index contributed by atoms with van der Waals surface area (Å²) in [5.74, 6) is 1.01. The Balaban J connectivity index is 1.92. The van der Waals surface area contributed by atoms with Crippen LogP contribution in [0.25, 0.3) is 0 Å². The van der Waals surface area contributed by atoms with Gasteiger partial charge in [-0.2, -0.15) is 4.98 Å². The van der Waals surface area contributed by atoms with Crippen molar-refractivity contribution in [3.8, 4) is 5.75 Å². The molecule has 0 aliphatic carbocycles. The molecule has 0 saturated heterocycles. The molecule has 1 atom stereocenters. The highest BCUT2D eigenvalue weighted by molar-refractivity contribution is 5.94. The summed E-state index contributed by atoms with van der Waals surface area (Å²) in [5.41, 5.74) is 11.4. The van der Waals surface area contributed by atoms with Crippen LogP contribution >= 0.6 is 0 Å². The number of nitrogen functional groups attached to an aromatic ring is 1. The Labute approximate surface area is 263 Å². The van der Waals surface area contributed by atoms with Crippen LogP contribution in [0.4, 0.5) is 11.8 Å². The van der Waals surface area contributed by atoms with Crippen LogP contribution in [-0.2, 0) is 11.2 Å². The number of allylic oxidation sites excluding steroid dienone is 4. The van der Waals surface area contributed by atoms with Crippen molar-refractivity contribution in [1.82, 2.24) is 20.6 Å². The van der Waals surface area contributed by atoms with E-state index in [1.807, 2.05) is 13.0 Å². The number of nitrogens with two attached hydrogens (primary N) is 1. The van der Waals surface area contributed by atoms with Crippen molar-refractivity contribution in [2.45, 2.75) is 92.0 Å². The Morgan fingerprint density at radius 3 is 2.45 bits per heavy atom. The molecule has 0 aliphatic rings. The second-order valence-electron chi connectivity index (χ2n) is 11.2. The zero-order chi connectivity index (χ0) is 32.5. The number of aliphatic hydroxyl groups is 1. The van der Waals surface area contributed by atoms with Crippen LogP contribution in [0.2, 0.25) is 0 Å². The molecule has 0 unspecified atom stereocenters. The molecule has 0 fully saturated rings. The van der Waals surface area contributed by atoms with E-state index in [0.29, 0.717) is 43.1 Å². The van der Waals surface area contributed by atoms with Crippen LogP contribution in [0.3, 0.4) is 0 Å². The summed E-state index contributed by atoms with van der Waals surface area (Å²) in [7, 11) is 1.56. The average molecular weight is 609 g/mol. The van der Waals surface area contributed by atoms with Crippen LogP contribution in [0, 0.1) is 6.92 Å². The zero-order valence-electron chi connectivity index (χ0n) is 27.4. The van der Waals surface area contributed by atoms with Gasteiger partial charge in [-0.25, -0.2) is 4.98 Å². The Morgan fingerprint density at radius 2 is 1.77 bits per heavy atom. The number of hydrogen-bond donors (Lipinski definition) is 5. The van der Waals surface area contributed by atoms with Crippen molar-refractivity contribution in [3.05, 3.63) is 63.9 Å². The lowest BCUT2D eigenvalue weighted by molar-refractivity contribution is -0.121. The lowest BCUT2D eigenvalue weighted by atomic mass is 10.0. The van der Waals surface area contributed by atoms with Crippen molar-refractivity contribution in [2.75, 3.05) is 37.9 Å². The molecule has 0 aliphatic heterocycles. The Morgan fingerprint density at radius 1 is 1.05 bits per heavy atom. The SMILES string of the molecule is CC/C=C(\C)CC/C=C(\C)CCC(=O)NCCNC(=O)c1ccc(Cc2c(C)nc(N)nc2N[C@H](CO)CCC)c(OC)c1. The maximum atomic E-state index is 12.8. The molecule has 6 N–H and O–H groups in total. The first-order valence-corrected chi connectivity index (χ1v) is 15.6. The third-order valence-corrected chi connectivity index (χ3v) is 7.41. The number of aliphatic hydroxyl groups excluding tert-OH is 1. The van der Waals surface area contributed by atoms with Crippen molar-refractivity contribution >= 4 is 23.6 Å². The molecule has 10 heteroatoms. The van der Waals surface area contributed by atoms with Gasteiger partial charge in [0.15, 0.2) is 0 Å². The van der Waals surface area contributed by atoms with Crippen LogP contribution < -0.4 is 26.4 Å². The van der Waals surface area contributed by atoms with Gasteiger partial charge in [0.25, 0.3) is 5.91 Å².